The first kappa shape index (κ1) is 19.9. The van der Waals surface area contributed by atoms with E-state index in [0.717, 1.165) is 39.0 Å². The minimum absolute atomic E-state index is 0. The number of rotatable bonds is 4. The molecule has 0 spiro atoms. The summed E-state index contributed by atoms with van der Waals surface area (Å²) in [5.74, 6) is 0.133. The first-order valence-electron chi connectivity index (χ1n) is 9.37. The van der Waals surface area contributed by atoms with E-state index in [1.165, 1.54) is 0 Å². The van der Waals surface area contributed by atoms with Crippen molar-refractivity contribution in [2.45, 2.75) is 31.4 Å². The molecule has 27 heavy (non-hydrogen) atoms. The lowest BCUT2D eigenvalue weighted by molar-refractivity contribution is 0.0473. The number of esters is 1. The first-order chi connectivity index (χ1) is 12.7. The van der Waals surface area contributed by atoms with Crippen LogP contribution in [-0.4, -0.2) is 61.9 Å². The van der Waals surface area contributed by atoms with Gasteiger partial charge in [0.25, 0.3) is 0 Å². The van der Waals surface area contributed by atoms with Crippen molar-refractivity contribution in [3.8, 4) is 0 Å². The third-order valence-corrected chi connectivity index (χ3v) is 5.44. The van der Waals surface area contributed by atoms with Crippen LogP contribution in [0.3, 0.4) is 0 Å². The highest BCUT2D eigenvalue weighted by Gasteiger charge is 2.39. The molecular formula is C19H26ClN3O4. The Hall–Kier alpha value is -1.83. The Kier molecular flexibility index (Phi) is 6.57. The third kappa shape index (κ3) is 4.72. The van der Waals surface area contributed by atoms with Gasteiger partial charge in [-0.2, -0.15) is 0 Å². The molecule has 0 radical (unpaired) electrons. The van der Waals surface area contributed by atoms with Crippen LogP contribution in [0, 0.1) is 5.92 Å². The number of urea groups is 1. The topological polar surface area (TPSA) is 79.9 Å². The quantitative estimate of drug-likeness (QED) is 0.764. The molecule has 3 heterocycles. The van der Waals surface area contributed by atoms with Gasteiger partial charge in [0.05, 0.1) is 11.7 Å². The molecule has 3 aliphatic rings. The van der Waals surface area contributed by atoms with Crippen molar-refractivity contribution in [3.63, 3.8) is 0 Å². The van der Waals surface area contributed by atoms with Crippen LogP contribution in [0.1, 0.15) is 29.6 Å². The lowest BCUT2D eigenvalue weighted by atomic mass is 10.1. The van der Waals surface area contributed by atoms with Crippen LogP contribution >= 0.6 is 12.4 Å². The number of halogens is 1. The molecule has 3 saturated heterocycles. The number of ether oxygens (including phenoxy) is 2. The van der Waals surface area contributed by atoms with Gasteiger partial charge in [0.2, 0.25) is 0 Å². The van der Waals surface area contributed by atoms with E-state index in [4.69, 9.17) is 9.47 Å². The maximum absolute atomic E-state index is 12.4. The highest BCUT2D eigenvalue weighted by molar-refractivity contribution is 5.92. The Bertz CT molecular complexity index is 651. The lowest BCUT2D eigenvalue weighted by Gasteiger charge is -2.18. The van der Waals surface area contributed by atoms with Gasteiger partial charge in [-0.15, -0.1) is 12.4 Å². The van der Waals surface area contributed by atoms with Crippen LogP contribution in [0.2, 0.25) is 0 Å². The maximum atomic E-state index is 12.4. The summed E-state index contributed by atoms with van der Waals surface area (Å²) >= 11 is 0. The maximum Gasteiger partial charge on any atom is 0.338 e. The minimum Gasteiger partial charge on any atom is -0.460 e. The predicted octanol–water partition coefficient (Wildman–Crippen LogP) is 2.27. The lowest BCUT2D eigenvalue weighted by Crippen LogP contribution is -2.34. The van der Waals surface area contributed by atoms with Crippen LogP contribution in [0.4, 0.5) is 10.5 Å². The van der Waals surface area contributed by atoms with E-state index in [0.29, 0.717) is 30.3 Å². The molecule has 0 saturated carbocycles. The number of anilines is 1. The van der Waals surface area contributed by atoms with Gasteiger partial charge in [0.1, 0.15) is 6.61 Å². The van der Waals surface area contributed by atoms with Crippen molar-refractivity contribution < 1.29 is 19.1 Å². The van der Waals surface area contributed by atoms with E-state index >= 15 is 0 Å². The summed E-state index contributed by atoms with van der Waals surface area (Å²) in [5.41, 5.74) is 1.16. The van der Waals surface area contributed by atoms with Crippen LogP contribution in [0.5, 0.6) is 0 Å². The van der Waals surface area contributed by atoms with Gasteiger partial charge in [0, 0.05) is 37.3 Å². The van der Waals surface area contributed by atoms with Crippen molar-refractivity contribution >= 4 is 30.1 Å². The molecule has 3 aliphatic heterocycles. The molecule has 8 heteroatoms. The number of carbonyl (C=O) groups is 2. The van der Waals surface area contributed by atoms with Crippen molar-refractivity contribution in [2.75, 3.05) is 38.2 Å². The van der Waals surface area contributed by atoms with E-state index in [1.54, 1.807) is 29.2 Å². The second-order valence-corrected chi connectivity index (χ2v) is 7.26. The molecule has 3 fully saturated rings. The fraction of sp³-hybridized carbons (Fsp3) is 0.579. The van der Waals surface area contributed by atoms with Gasteiger partial charge in [0.15, 0.2) is 0 Å². The normalized spacial score (nSPS) is 26.4. The number of benzene rings is 1. The second-order valence-electron chi connectivity index (χ2n) is 7.26. The Morgan fingerprint density at radius 3 is 2.74 bits per heavy atom. The summed E-state index contributed by atoms with van der Waals surface area (Å²) in [6, 6.07) is 6.97. The zero-order valence-corrected chi connectivity index (χ0v) is 16.0. The zero-order chi connectivity index (χ0) is 17.9. The molecule has 0 aromatic heterocycles. The SMILES string of the molecule is Cl.O=C(OCC1CCCN1)c1ccc(NC(=O)N2C[C@@H]3CCO[C@@H]3C2)cc1. The van der Waals surface area contributed by atoms with Crippen LogP contribution in [-0.2, 0) is 9.47 Å². The predicted molar refractivity (Wildman–Crippen MR) is 103 cm³/mol. The van der Waals surface area contributed by atoms with Gasteiger partial charge in [-0.05, 0) is 50.1 Å². The number of nitrogens with one attached hydrogen (secondary N) is 2. The molecular weight excluding hydrogens is 370 g/mol. The Morgan fingerprint density at radius 1 is 1.22 bits per heavy atom. The average molecular weight is 396 g/mol. The highest BCUT2D eigenvalue weighted by atomic mass is 35.5. The average Bonchev–Trinajstić information content (AvgIpc) is 3.37. The van der Waals surface area contributed by atoms with Crippen LogP contribution < -0.4 is 10.6 Å². The zero-order valence-electron chi connectivity index (χ0n) is 15.2. The molecule has 148 valence electrons. The van der Waals surface area contributed by atoms with Gasteiger partial charge in [-0.3, -0.25) is 0 Å². The molecule has 0 aliphatic carbocycles. The number of hydrogen-bond acceptors (Lipinski definition) is 5. The molecule has 4 rings (SSSR count). The monoisotopic (exact) mass is 395 g/mol. The van der Waals surface area contributed by atoms with Crippen LogP contribution in [0.15, 0.2) is 24.3 Å². The van der Waals surface area contributed by atoms with E-state index in [9.17, 15) is 9.59 Å². The second kappa shape index (κ2) is 8.91. The van der Waals surface area contributed by atoms with Crippen molar-refractivity contribution in [1.29, 1.82) is 0 Å². The number of carbonyl (C=O) groups excluding carboxylic acids is 2. The summed E-state index contributed by atoms with van der Waals surface area (Å²) in [7, 11) is 0. The molecule has 1 aromatic carbocycles. The fourth-order valence-electron chi connectivity index (χ4n) is 3.89. The Labute approximate surface area is 165 Å². The molecule has 3 atom stereocenters. The van der Waals surface area contributed by atoms with Gasteiger partial charge in [-0.25, -0.2) is 9.59 Å². The molecule has 7 nitrogen and oxygen atoms in total. The number of hydrogen-bond donors (Lipinski definition) is 2. The number of nitrogens with zero attached hydrogens (tertiary/aromatic N) is 1. The number of fused-ring (bicyclic) bond motifs is 1. The number of likely N-dealkylation sites (tertiary alicyclic amines) is 1. The van der Waals surface area contributed by atoms with E-state index in [1.807, 2.05) is 0 Å². The molecule has 0 bridgehead atoms. The highest BCUT2D eigenvalue weighted by Crippen LogP contribution is 2.29. The summed E-state index contributed by atoms with van der Waals surface area (Å²) in [6.07, 6.45) is 3.39. The molecule has 2 amide bonds. The van der Waals surface area contributed by atoms with Crippen LogP contribution in [0.25, 0.3) is 0 Å². The van der Waals surface area contributed by atoms with Gasteiger partial charge in [-0.1, -0.05) is 0 Å². The van der Waals surface area contributed by atoms with E-state index in [2.05, 4.69) is 10.6 Å². The summed E-state index contributed by atoms with van der Waals surface area (Å²) < 4.78 is 11.0. The molecule has 1 unspecified atom stereocenters. The largest absolute Gasteiger partial charge is 0.460 e. The summed E-state index contributed by atoms with van der Waals surface area (Å²) in [5, 5.41) is 6.18. The van der Waals surface area contributed by atoms with E-state index < -0.39 is 0 Å². The Balaban J connectivity index is 0.00000210. The first-order valence-corrected chi connectivity index (χ1v) is 9.37. The minimum atomic E-state index is -0.332. The molecule has 2 N–H and O–H groups in total. The summed E-state index contributed by atoms with van der Waals surface area (Å²) in [6.45, 7) is 3.59. The standard InChI is InChI=1S/C19H25N3O4.ClH/c23-18(26-12-16-2-1-8-20-16)13-3-5-15(6-4-13)21-19(24)22-10-14-7-9-25-17(14)11-22;/h3-6,14,16-17,20H,1-2,7-12H2,(H,21,24);1H/t14-,16?,17+;/m0./s1. The van der Waals surface area contributed by atoms with Crippen molar-refractivity contribution in [1.82, 2.24) is 10.2 Å². The van der Waals surface area contributed by atoms with Crippen molar-refractivity contribution in [2.24, 2.45) is 5.92 Å². The Morgan fingerprint density at radius 2 is 2.04 bits per heavy atom. The number of amides is 2. The summed E-state index contributed by atoms with van der Waals surface area (Å²) in [4.78, 5) is 26.3. The smallest absolute Gasteiger partial charge is 0.338 e. The van der Waals surface area contributed by atoms with E-state index in [-0.39, 0.29) is 36.6 Å². The van der Waals surface area contributed by atoms with Crippen molar-refractivity contribution in [3.05, 3.63) is 29.8 Å². The van der Waals surface area contributed by atoms with Gasteiger partial charge >= 0.3 is 12.0 Å². The third-order valence-electron chi connectivity index (χ3n) is 5.44. The van der Waals surface area contributed by atoms with Gasteiger partial charge < -0.3 is 25.0 Å². The molecule has 1 aromatic rings. The fourth-order valence-corrected chi connectivity index (χ4v) is 3.89.